The van der Waals surface area contributed by atoms with Crippen LogP contribution in [-0.2, 0) is 23.8 Å². The average molecular weight is 461 g/mol. The summed E-state index contributed by atoms with van der Waals surface area (Å²) in [5.74, 6) is -6.17. The monoisotopic (exact) mass is 461 g/mol. The normalized spacial score (nSPS) is 21.5. The van der Waals surface area contributed by atoms with Gasteiger partial charge in [-0.25, -0.2) is 9.59 Å². The van der Waals surface area contributed by atoms with Gasteiger partial charge in [-0.2, -0.15) is 13.8 Å². The van der Waals surface area contributed by atoms with E-state index in [9.17, 15) is 33.1 Å². The van der Waals surface area contributed by atoms with E-state index < -0.39 is 54.7 Å². The lowest BCUT2D eigenvalue weighted by Gasteiger charge is -2.21. The highest BCUT2D eigenvalue weighted by molar-refractivity contribution is 5.83. The van der Waals surface area contributed by atoms with E-state index in [1.165, 1.54) is 6.08 Å². The molecule has 0 saturated carbocycles. The molecule has 1 aromatic heterocycles. The molecule has 12 nitrogen and oxygen atoms in total. The van der Waals surface area contributed by atoms with Crippen molar-refractivity contribution in [1.82, 2.24) is 9.55 Å². The molecule has 14 heteroatoms. The Morgan fingerprint density at radius 3 is 2.69 bits per heavy atom. The standard InChI is InChI=1S/C18H21F2N3O9/c1-2-8-30-17(29)22-11-6-7-23(16(28)21-11)15-18(19,20)14(27)10(32-15)9-31-13(26)5-3-4-12(24)25/h2,6-7,10,14-15,27H,1,3-5,8-9H2,(H,24,25)(H,21,22,28,29)/t10-,14-,15-/m1/s1. The molecule has 0 aromatic carbocycles. The molecule has 1 saturated heterocycles. The third-order valence-electron chi connectivity index (χ3n) is 4.20. The maximum atomic E-state index is 14.5. The number of nitrogens with one attached hydrogen (secondary N) is 1. The van der Waals surface area contributed by atoms with Crippen LogP contribution in [0.3, 0.4) is 0 Å². The third kappa shape index (κ3) is 6.31. The van der Waals surface area contributed by atoms with Crippen LogP contribution in [0.2, 0.25) is 0 Å². The zero-order valence-electron chi connectivity index (χ0n) is 16.6. The van der Waals surface area contributed by atoms with Gasteiger partial charge < -0.3 is 24.4 Å². The lowest BCUT2D eigenvalue weighted by atomic mass is 10.1. The highest BCUT2D eigenvalue weighted by atomic mass is 19.3. The minimum atomic E-state index is -3.94. The predicted molar refractivity (Wildman–Crippen MR) is 101 cm³/mol. The third-order valence-corrected chi connectivity index (χ3v) is 4.20. The quantitative estimate of drug-likeness (QED) is 0.333. The van der Waals surface area contributed by atoms with Crippen molar-refractivity contribution in [3.63, 3.8) is 0 Å². The summed E-state index contributed by atoms with van der Waals surface area (Å²) >= 11 is 0. The fourth-order valence-electron chi connectivity index (χ4n) is 2.67. The van der Waals surface area contributed by atoms with E-state index >= 15 is 0 Å². The Bertz CT molecular complexity index is 921. The molecule has 0 aliphatic carbocycles. The van der Waals surface area contributed by atoms with Crippen molar-refractivity contribution in [2.45, 2.75) is 43.6 Å². The van der Waals surface area contributed by atoms with Gasteiger partial charge in [0.15, 0.2) is 6.10 Å². The molecule has 3 atom stereocenters. The number of aliphatic hydroxyl groups excluding tert-OH is 1. The minimum Gasteiger partial charge on any atom is -0.481 e. The number of ether oxygens (including phenoxy) is 3. The fraction of sp³-hybridized carbons (Fsp3) is 0.500. The molecule has 3 N–H and O–H groups in total. The second-order valence-corrected chi connectivity index (χ2v) is 6.59. The van der Waals surface area contributed by atoms with Gasteiger partial charge in [0.25, 0.3) is 0 Å². The summed E-state index contributed by atoms with van der Waals surface area (Å²) in [6.07, 6.45) is -5.62. The number of aliphatic carboxylic acids is 1. The van der Waals surface area contributed by atoms with E-state index in [-0.39, 0.29) is 31.7 Å². The number of alkyl halides is 2. The first kappa shape index (κ1) is 24.9. The Balaban J connectivity index is 2.03. The van der Waals surface area contributed by atoms with Crippen LogP contribution in [-0.4, -0.2) is 69.1 Å². The Labute approximate surface area is 179 Å². The smallest absolute Gasteiger partial charge is 0.413 e. The Kier molecular flexibility index (Phi) is 8.37. The summed E-state index contributed by atoms with van der Waals surface area (Å²) in [5, 5.41) is 20.5. The van der Waals surface area contributed by atoms with Gasteiger partial charge in [-0.15, -0.1) is 0 Å². The summed E-state index contributed by atoms with van der Waals surface area (Å²) in [4.78, 5) is 49.1. The Morgan fingerprint density at radius 2 is 2.06 bits per heavy atom. The first-order valence-corrected chi connectivity index (χ1v) is 9.29. The van der Waals surface area contributed by atoms with E-state index in [4.69, 9.17) is 14.6 Å². The highest BCUT2D eigenvalue weighted by Crippen LogP contribution is 2.42. The first-order valence-electron chi connectivity index (χ1n) is 9.29. The molecule has 1 aromatic rings. The maximum absolute atomic E-state index is 14.5. The number of carbonyl (C=O) groups is 3. The number of amides is 1. The molecule has 0 unspecified atom stereocenters. The molecule has 176 valence electrons. The number of aliphatic hydroxyl groups is 1. The Morgan fingerprint density at radius 1 is 1.34 bits per heavy atom. The summed E-state index contributed by atoms with van der Waals surface area (Å²) in [6.45, 7) is 2.51. The zero-order valence-corrected chi connectivity index (χ0v) is 16.6. The number of rotatable bonds is 10. The van der Waals surface area contributed by atoms with Gasteiger partial charge >= 0.3 is 29.6 Å². The molecule has 0 spiro atoms. The number of anilines is 1. The first-order chi connectivity index (χ1) is 15.1. The van der Waals surface area contributed by atoms with Crippen LogP contribution < -0.4 is 11.0 Å². The highest BCUT2D eigenvalue weighted by Gasteiger charge is 2.60. The molecule has 2 heterocycles. The molecule has 0 bridgehead atoms. The van der Waals surface area contributed by atoms with Crippen LogP contribution in [0.5, 0.6) is 0 Å². The molecule has 32 heavy (non-hydrogen) atoms. The van der Waals surface area contributed by atoms with Crippen LogP contribution in [0.15, 0.2) is 29.7 Å². The molecule has 1 aliphatic heterocycles. The van der Waals surface area contributed by atoms with Crippen LogP contribution in [0, 0.1) is 0 Å². The number of halogens is 2. The number of aromatic nitrogens is 2. The van der Waals surface area contributed by atoms with Gasteiger partial charge in [-0.05, 0) is 12.5 Å². The summed E-state index contributed by atoms with van der Waals surface area (Å²) in [7, 11) is 0. The van der Waals surface area contributed by atoms with Crippen molar-refractivity contribution < 1.29 is 47.6 Å². The van der Waals surface area contributed by atoms with Gasteiger partial charge in [-0.3, -0.25) is 19.5 Å². The summed E-state index contributed by atoms with van der Waals surface area (Å²) < 4.78 is 43.9. The van der Waals surface area contributed by atoms with Crippen molar-refractivity contribution in [3.8, 4) is 0 Å². The number of esters is 1. The number of carboxylic acid groups (broad SMARTS) is 1. The van der Waals surface area contributed by atoms with Gasteiger partial charge in [0, 0.05) is 19.0 Å². The zero-order chi connectivity index (χ0) is 23.9. The summed E-state index contributed by atoms with van der Waals surface area (Å²) in [5.41, 5.74) is -1.21. The minimum absolute atomic E-state index is 0.0103. The second-order valence-electron chi connectivity index (χ2n) is 6.59. The molecule has 2 rings (SSSR count). The van der Waals surface area contributed by atoms with Crippen molar-refractivity contribution in [3.05, 3.63) is 35.4 Å². The van der Waals surface area contributed by atoms with E-state index in [0.29, 0.717) is 4.57 Å². The molecule has 1 aliphatic rings. The van der Waals surface area contributed by atoms with Gasteiger partial charge in [0.05, 0.1) is 0 Å². The number of hydrogen-bond donors (Lipinski definition) is 3. The number of carboxylic acids is 1. The van der Waals surface area contributed by atoms with E-state index in [0.717, 1.165) is 12.3 Å². The molecule has 0 radical (unpaired) electrons. The predicted octanol–water partition coefficient (Wildman–Crippen LogP) is 0.669. The molecular weight excluding hydrogens is 440 g/mol. The largest absolute Gasteiger partial charge is 0.481 e. The number of nitrogens with zero attached hydrogens (tertiary/aromatic N) is 2. The van der Waals surface area contributed by atoms with Gasteiger partial charge in [-0.1, -0.05) is 12.7 Å². The molecular formula is C18H21F2N3O9. The number of hydrogen-bond acceptors (Lipinski definition) is 9. The van der Waals surface area contributed by atoms with Crippen LogP contribution in [0.25, 0.3) is 0 Å². The van der Waals surface area contributed by atoms with Crippen LogP contribution in [0.1, 0.15) is 25.5 Å². The van der Waals surface area contributed by atoms with Gasteiger partial charge in [0.2, 0.25) is 6.23 Å². The maximum Gasteiger partial charge on any atom is 0.413 e. The van der Waals surface area contributed by atoms with E-state index in [1.54, 1.807) is 0 Å². The SMILES string of the molecule is C=CCOC(=O)Nc1ccn([C@@H]2O[C@H](COC(=O)CCCC(=O)O)[C@@H](O)C2(F)F)c(=O)n1. The topological polar surface area (TPSA) is 166 Å². The van der Waals surface area contributed by atoms with Crippen LogP contribution in [0.4, 0.5) is 19.4 Å². The Hall–Kier alpha value is -3.39. The summed E-state index contributed by atoms with van der Waals surface area (Å²) in [6, 6.07) is 1.04. The van der Waals surface area contributed by atoms with Crippen molar-refractivity contribution in [2.75, 3.05) is 18.5 Å². The fourth-order valence-corrected chi connectivity index (χ4v) is 2.67. The van der Waals surface area contributed by atoms with Crippen LogP contribution >= 0.6 is 0 Å². The lowest BCUT2D eigenvalue weighted by molar-refractivity contribution is -0.150. The van der Waals surface area contributed by atoms with E-state index in [1.807, 2.05) is 0 Å². The van der Waals surface area contributed by atoms with Crippen molar-refractivity contribution in [1.29, 1.82) is 0 Å². The van der Waals surface area contributed by atoms with Crippen molar-refractivity contribution >= 4 is 23.8 Å². The van der Waals surface area contributed by atoms with Gasteiger partial charge in [0.1, 0.15) is 25.1 Å². The molecule has 1 fully saturated rings. The van der Waals surface area contributed by atoms with Crippen molar-refractivity contribution in [2.24, 2.45) is 0 Å². The average Bonchev–Trinajstić information content (AvgIpc) is 2.94. The molecule has 1 amide bonds. The second kappa shape index (κ2) is 10.8. The lowest BCUT2D eigenvalue weighted by Crippen LogP contribution is -2.42. The number of carbonyl (C=O) groups excluding carboxylic acids is 2. The van der Waals surface area contributed by atoms with E-state index in [2.05, 4.69) is 21.6 Å².